The number of nitrogens with one attached hydrogen (secondary N) is 1. The van der Waals surface area contributed by atoms with Crippen LogP contribution >= 0.6 is 0 Å². The van der Waals surface area contributed by atoms with Crippen LogP contribution in [0.15, 0.2) is 66.9 Å². The summed E-state index contributed by atoms with van der Waals surface area (Å²) in [5.74, 6) is 0.498. The Morgan fingerprint density at radius 3 is 2.39 bits per heavy atom. The molecule has 2 heterocycles. The van der Waals surface area contributed by atoms with Crippen LogP contribution in [0.3, 0.4) is 0 Å². The van der Waals surface area contributed by atoms with E-state index in [2.05, 4.69) is 15.2 Å². The monoisotopic (exact) mass is 485 g/mol. The Morgan fingerprint density at radius 1 is 0.944 bits per heavy atom. The Balaban J connectivity index is 1.05. The molecule has 1 saturated heterocycles. The van der Waals surface area contributed by atoms with E-state index in [0.717, 1.165) is 62.6 Å². The molecule has 1 saturated carbocycles. The molecule has 1 aromatic heterocycles. The molecule has 1 amide bonds. The summed E-state index contributed by atoms with van der Waals surface area (Å²) in [6.45, 7) is 2.50. The van der Waals surface area contributed by atoms with Crippen molar-refractivity contribution >= 4 is 22.6 Å². The molecule has 2 fully saturated rings. The van der Waals surface area contributed by atoms with Crippen LogP contribution in [0.25, 0.3) is 10.9 Å². The SMILES string of the molecule is O=C(N[C@H]1CC[C@H](CCN2CCC(O)(C(=O)c3ccccc3)CC2)CC1)c1ccnc2ccccc12. The van der Waals surface area contributed by atoms with E-state index in [1.54, 1.807) is 24.4 Å². The maximum absolute atomic E-state index is 12.9. The Hall–Kier alpha value is -3.09. The van der Waals surface area contributed by atoms with Crippen molar-refractivity contribution in [3.8, 4) is 0 Å². The molecule has 2 aromatic carbocycles. The van der Waals surface area contributed by atoms with Gasteiger partial charge in [-0.15, -0.1) is 0 Å². The Kier molecular flexibility index (Phi) is 7.44. The van der Waals surface area contributed by atoms with Crippen LogP contribution in [0.2, 0.25) is 0 Å². The summed E-state index contributed by atoms with van der Waals surface area (Å²) in [6.07, 6.45) is 8.05. The number of aliphatic hydroxyl groups is 1. The molecular formula is C30H35N3O3. The van der Waals surface area contributed by atoms with Crippen LogP contribution in [0, 0.1) is 5.92 Å². The fourth-order valence-electron chi connectivity index (χ4n) is 5.75. The van der Waals surface area contributed by atoms with Crippen molar-refractivity contribution in [2.45, 2.75) is 56.6 Å². The number of piperidine rings is 1. The van der Waals surface area contributed by atoms with Gasteiger partial charge in [0.25, 0.3) is 5.91 Å². The molecule has 6 nitrogen and oxygen atoms in total. The number of hydrogen-bond donors (Lipinski definition) is 2. The van der Waals surface area contributed by atoms with Gasteiger partial charge in [-0.1, -0.05) is 48.5 Å². The first kappa shape index (κ1) is 24.6. The summed E-state index contributed by atoms with van der Waals surface area (Å²) in [4.78, 5) is 32.5. The highest BCUT2D eigenvalue weighted by molar-refractivity contribution is 6.06. The quantitative estimate of drug-likeness (QED) is 0.477. The van der Waals surface area contributed by atoms with Crippen LogP contribution in [0.5, 0.6) is 0 Å². The molecule has 2 N–H and O–H groups in total. The Bertz CT molecular complexity index is 1190. The largest absolute Gasteiger partial charge is 0.382 e. The lowest BCUT2D eigenvalue weighted by atomic mass is 9.82. The van der Waals surface area contributed by atoms with E-state index in [0.29, 0.717) is 29.9 Å². The minimum atomic E-state index is -1.24. The number of para-hydroxylation sites is 1. The van der Waals surface area contributed by atoms with Crippen LogP contribution < -0.4 is 5.32 Å². The number of rotatable bonds is 7. The second-order valence-electron chi connectivity index (χ2n) is 10.4. The predicted octanol–water partition coefficient (Wildman–Crippen LogP) is 4.62. The fourth-order valence-corrected chi connectivity index (χ4v) is 5.75. The molecular weight excluding hydrogens is 450 g/mol. The van der Waals surface area contributed by atoms with Gasteiger partial charge in [0.1, 0.15) is 5.60 Å². The number of likely N-dealkylation sites (tertiary alicyclic amines) is 1. The Morgan fingerprint density at radius 2 is 1.64 bits per heavy atom. The van der Waals surface area contributed by atoms with Gasteiger partial charge in [-0.05, 0) is 69.5 Å². The number of fused-ring (bicyclic) bond motifs is 1. The standard InChI is InChI=1S/C30H35N3O3/c34-28(23-6-2-1-3-7-23)30(36)16-20-33(21-17-30)19-15-22-10-12-24(13-11-22)32-29(35)26-14-18-31-27-9-5-4-8-25(26)27/h1-9,14,18,22,24,36H,10-13,15-17,19-21H2,(H,32,35)/t22-,24-. The fraction of sp³-hybridized carbons (Fsp3) is 0.433. The molecule has 188 valence electrons. The van der Waals surface area contributed by atoms with E-state index >= 15 is 0 Å². The van der Waals surface area contributed by atoms with Crippen LogP contribution in [0.1, 0.15) is 65.7 Å². The third-order valence-electron chi connectivity index (χ3n) is 8.07. The van der Waals surface area contributed by atoms with Gasteiger partial charge in [-0.3, -0.25) is 14.6 Å². The van der Waals surface area contributed by atoms with Gasteiger partial charge in [0.15, 0.2) is 5.78 Å². The van der Waals surface area contributed by atoms with Gasteiger partial charge < -0.3 is 15.3 Å². The van der Waals surface area contributed by atoms with Crippen molar-refractivity contribution in [3.05, 3.63) is 78.0 Å². The highest BCUT2D eigenvalue weighted by Gasteiger charge is 2.39. The van der Waals surface area contributed by atoms with Crippen molar-refractivity contribution in [1.29, 1.82) is 0 Å². The molecule has 6 heteroatoms. The number of amides is 1. The van der Waals surface area contributed by atoms with Gasteiger partial charge >= 0.3 is 0 Å². The molecule has 0 atom stereocenters. The summed E-state index contributed by atoms with van der Waals surface area (Å²) in [5, 5.41) is 15.1. The number of aromatic nitrogens is 1. The third kappa shape index (κ3) is 5.50. The number of carbonyl (C=O) groups excluding carboxylic acids is 2. The molecule has 1 aliphatic carbocycles. The predicted molar refractivity (Wildman–Crippen MR) is 141 cm³/mol. The molecule has 0 bridgehead atoms. The zero-order valence-corrected chi connectivity index (χ0v) is 20.7. The minimum Gasteiger partial charge on any atom is -0.382 e. The van der Waals surface area contributed by atoms with Crippen molar-refractivity contribution in [1.82, 2.24) is 15.2 Å². The van der Waals surface area contributed by atoms with Crippen LogP contribution in [0.4, 0.5) is 0 Å². The van der Waals surface area contributed by atoms with Gasteiger partial charge in [-0.2, -0.15) is 0 Å². The normalized spacial score (nSPS) is 22.2. The number of pyridine rings is 1. The minimum absolute atomic E-state index is 0.0112. The average molecular weight is 486 g/mol. The molecule has 0 spiro atoms. The molecule has 36 heavy (non-hydrogen) atoms. The summed E-state index contributed by atoms with van der Waals surface area (Å²) < 4.78 is 0. The number of Topliss-reactive ketones (excluding diaryl/α,β-unsaturated/α-hetero) is 1. The molecule has 1 aliphatic heterocycles. The van der Waals surface area contributed by atoms with Crippen molar-refractivity contribution in [2.24, 2.45) is 5.92 Å². The van der Waals surface area contributed by atoms with Gasteiger partial charge in [0, 0.05) is 36.3 Å². The molecule has 5 rings (SSSR count). The summed E-state index contributed by atoms with van der Waals surface area (Å²) in [6, 6.07) is 18.9. The van der Waals surface area contributed by atoms with E-state index in [4.69, 9.17) is 0 Å². The van der Waals surface area contributed by atoms with Crippen molar-refractivity contribution in [3.63, 3.8) is 0 Å². The lowest BCUT2D eigenvalue weighted by Gasteiger charge is -2.38. The van der Waals surface area contributed by atoms with Crippen LogP contribution in [-0.4, -0.2) is 58.0 Å². The van der Waals surface area contributed by atoms with E-state index in [-0.39, 0.29) is 17.7 Å². The number of benzene rings is 2. The third-order valence-corrected chi connectivity index (χ3v) is 8.07. The first-order valence-corrected chi connectivity index (χ1v) is 13.2. The highest BCUT2D eigenvalue weighted by Crippen LogP contribution is 2.30. The van der Waals surface area contributed by atoms with Crippen molar-refractivity contribution in [2.75, 3.05) is 19.6 Å². The first-order chi connectivity index (χ1) is 17.5. The Labute approximate surface area is 212 Å². The topological polar surface area (TPSA) is 82.5 Å². The molecule has 0 unspecified atom stereocenters. The van der Waals surface area contributed by atoms with Gasteiger partial charge in [0.05, 0.1) is 11.1 Å². The zero-order chi connectivity index (χ0) is 25.0. The smallest absolute Gasteiger partial charge is 0.252 e. The second-order valence-corrected chi connectivity index (χ2v) is 10.4. The lowest BCUT2D eigenvalue weighted by Crippen LogP contribution is -2.49. The van der Waals surface area contributed by atoms with Gasteiger partial charge in [0.2, 0.25) is 0 Å². The summed E-state index contributed by atoms with van der Waals surface area (Å²) >= 11 is 0. The maximum Gasteiger partial charge on any atom is 0.252 e. The lowest BCUT2D eigenvalue weighted by molar-refractivity contribution is -0.00738. The second kappa shape index (κ2) is 10.9. The maximum atomic E-state index is 12.9. The number of ketones is 1. The molecule has 3 aromatic rings. The van der Waals surface area contributed by atoms with E-state index in [1.807, 2.05) is 42.5 Å². The van der Waals surface area contributed by atoms with Crippen LogP contribution in [-0.2, 0) is 0 Å². The zero-order valence-electron chi connectivity index (χ0n) is 20.7. The molecule has 2 aliphatic rings. The van der Waals surface area contributed by atoms with E-state index in [9.17, 15) is 14.7 Å². The molecule has 0 radical (unpaired) electrons. The van der Waals surface area contributed by atoms with E-state index in [1.165, 1.54) is 0 Å². The number of carbonyl (C=O) groups is 2. The highest BCUT2D eigenvalue weighted by atomic mass is 16.3. The number of hydrogen-bond acceptors (Lipinski definition) is 5. The summed E-state index contributed by atoms with van der Waals surface area (Å²) in [7, 11) is 0. The van der Waals surface area contributed by atoms with Crippen molar-refractivity contribution < 1.29 is 14.7 Å². The summed E-state index contributed by atoms with van der Waals surface area (Å²) in [5.41, 5.74) is 0.885. The average Bonchev–Trinajstić information content (AvgIpc) is 2.93. The van der Waals surface area contributed by atoms with Gasteiger partial charge in [-0.25, -0.2) is 0 Å². The van der Waals surface area contributed by atoms with E-state index < -0.39 is 5.60 Å². The number of nitrogens with zero attached hydrogens (tertiary/aromatic N) is 2. The first-order valence-electron chi connectivity index (χ1n) is 13.2.